The van der Waals surface area contributed by atoms with Crippen molar-refractivity contribution in [1.82, 2.24) is 24.6 Å². The monoisotopic (exact) mass is 469 g/mol. The number of aromatic nitrogens is 4. The van der Waals surface area contributed by atoms with E-state index in [2.05, 4.69) is 14.9 Å². The van der Waals surface area contributed by atoms with Crippen molar-refractivity contribution in [2.45, 2.75) is 37.8 Å². The first kappa shape index (κ1) is 21.6. The molecule has 4 heterocycles. The molecule has 0 N–H and O–H groups in total. The van der Waals surface area contributed by atoms with Gasteiger partial charge in [0.2, 0.25) is 0 Å². The predicted octanol–water partition coefficient (Wildman–Crippen LogP) is 4.34. The van der Waals surface area contributed by atoms with Crippen LogP contribution in [0, 0.1) is 0 Å². The Labute approximate surface area is 203 Å². The molecule has 2 aromatic heterocycles. The highest BCUT2D eigenvalue weighted by atomic mass is 16.5. The molecule has 2 unspecified atom stereocenters. The highest BCUT2D eigenvalue weighted by molar-refractivity contribution is 5.98. The molecule has 0 spiro atoms. The summed E-state index contributed by atoms with van der Waals surface area (Å²) in [7, 11) is 5.28. The van der Waals surface area contributed by atoms with E-state index in [9.17, 15) is 4.79 Å². The molecule has 2 aliphatic rings. The van der Waals surface area contributed by atoms with E-state index >= 15 is 0 Å². The van der Waals surface area contributed by atoms with Crippen LogP contribution in [0.4, 0.5) is 0 Å². The molecular formula is C27H27N5O3. The lowest BCUT2D eigenvalue weighted by molar-refractivity contribution is 0.0392. The molecule has 8 heteroatoms. The van der Waals surface area contributed by atoms with Crippen LogP contribution in [-0.2, 0) is 13.5 Å². The zero-order valence-electron chi connectivity index (χ0n) is 20.1. The Hall–Kier alpha value is -3.94. The second kappa shape index (κ2) is 8.37. The number of carbonyl (C=O) groups is 1. The molecule has 1 saturated heterocycles. The summed E-state index contributed by atoms with van der Waals surface area (Å²) in [5, 5.41) is 4.95. The molecule has 2 bridgehead atoms. The molecule has 0 aliphatic carbocycles. The Bertz CT molecular complexity index is 1420. The van der Waals surface area contributed by atoms with Gasteiger partial charge in [0, 0.05) is 48.2 Å². The number of fused-ring (bicyclic) bond motifs is 5. The maximum Gasteiger partial charge on any atom is 0.254 e. The predicted molar refractivity (Wildman–Crippen MR) is 132 cm³/mol. The number of hydrogen-bond donors (Lipinski definition) is 0. The van der Waals surface area contributed by atoms with Gasteiger partial charge in [0.25, 0.3) is 5.91 Å². The van der Waals surface area contributed by atoms with Crippen LogP contribution < -0.4 is 9.47 Å². The molecule has 2 aromatic carbocycles. The summed E-state index contributed by atoms with van der Waals surface area (Å²) in [5.41, 5.74) is 6.43. The van der Waals surface area contributed by atoms with E-state index < -0.39 is 0 Å². The fourth-order valence-electron chi connectivity index (χ4n) is 5.70. The smallest absolute Gasteiger partial charge is 0.254 e. The summed E-state index contributed by atoms with van der Waals surface area (Å²) >= 11 is 0. The average Bonchev–Trinajstić information content (AvgIpc) is 3.22. The van der Waals surface area contributed by atoms with Crippen LogP contribution in [0.5, 0.6) is 11.5 Å². The molecule has 0 saturated carbocycles. The van der Waals surface area contributed by atoms with E-state index in [4.69, 9.17) is 14.6 Å². The second-order valence-electron chi connectivity index (χ2n) is 9.21. The molecule has 8 nitrogen and oxygen atoms in total. The number of aryl methyl sites for hydroxylation is 1. The van der Waals surface area contributed by atoms with Crippen molar-refractivity contribution >= 4 is 16.9 Å². The van der Waals surface area contributed by atoms with Gasteiger partial charge in [0.1, 0.15) is 11.5 Å². The number of hydrogen-bond acceptors (Lipinski definition) is 6. The Morgan fingerprint density at radius 3 is 2.46 bits per heavy atom. The first-order chi connectivity index (χ1) is 17.1. The third kappa shape index (κ3) is 3.51. The normalized spacial score (nSPS) is 18.9. The summed E-state index contributed by atoms with van der Waals surface area (Å²) in [6, 6.07) is 11.6. The molecule has 0 radical (unpaired) electrons. The van der Waals surface area contributed by atoms with Crippen LogP contribution in [0.15, 0.2) is 48.8 Å². The van der Waals surface area contributed by atoms with Gasteiger partial charge in [0.15, 0.2) is 0 Å². The van der Waals surface area contributed by atoms with Crippen molar-refractivity contribution in [3.05, 3.63) is 65.6 Å². The van der Waals surface area contributed by atoms with E-state index in [1.54, 1.807) is 26.6 Å². The highest BCUT2D eigenvalue weighted by Gasteiger charge is 2.43. The largest absolute Gasteiger partial charge is 0.497 e. The van der Waals surface area contributed by atoms with Crippen LogP contribution in [-0.4, -0.2) is 50.8 Å². The molecule has 4 aromatic rings. The summed E-state index contributed by atoms with van der Waals surface area (Å²) in [6.07, 6.45) is 7.05. The summed E-state index contributed by atoms with van der Waals surface area (Å²) in [5.74, 6) is 1.51. The van der Waals surface area contributed by atoms with Gasteiger partial charge in [-0.3, -0.25) is 19.4 Å². The van der Waals surface area contributed by atoms with Gasteiger partial charge >= 0.3 is 0 Å². The van der Waals surface area contributed by atoms with Crippen molar-refractivity contribution < 1.29 is 14.3 Å². The van der Waals surface area contributed by atoms with E-state index in [1.165, 1.54) is 5.56 Å². The Morgan fingerprint density at radius 2 is 1.71 bits per heavy atom. The first-order valence-electron chi connectivity index (χ1n) is 11.9. The number of amides is 1. The molecule has 178 valence electrons. The molecule has 2 atom stereocenters. The fourth-order valence-corrected chi connectivity index (χ4v) is 5.70. The number of piperidine rings is 1. The zero-order valence-corrected chi connectivity index (χ0v) is 20.1. The SMILES string of the molecule is COc1cc(OC)cc(-c2c3c(nn2C)C2CCCC(C3)N2C(=O)c2ccc3nccnc3c2)c1. The van der Waals surface area contributed by atoms with Gasteiger partial charge < -0.3 is 14.4 Å². The molecule has 1 fully saturated rings. The number of rotatable bonds is 4. The van der Waals surface area contributed by atoms with Crippen molar-refractivity contribution in [3.63, 3.8) is 0 Å². The van der Waals surface area contributed by atoms with Crippen molar-refractivity contribution in [3.8, 4) is 22.8 Å². The topological polar surface area (TPSA) is 82.4 Å². The number of nitrogens with zero attached hydrogens (tertiary/aromatic N) is 5. The van der Waals surface area contributed by atoms with Crippen LogP contribution in [0.1, 0.15) is 46.9 Å². The minimum atomic E-state index is -0.0463. The van der Waals surface area contributed by atoms with E-state index in [0.29, 0.717) is 5.56 Å². The summed E-state index contributed by atoms with van der Waals surface area (Å²) in [4.78, 5) is 24.6. The third-order valence-electron chi connectivity index (χ3n) is 7.25. The zero-order chi connectivity index (χ0) is 24.1. The van der Waals surface area contributed by atoms with Crippen molar-refractivity contribution in [1.29, 1.82) is 0 Å². The number of ether oxygens (including phenoxy) is 2. The van der Waals surface area contributed by atoms with E-state index in [1.807, 2.05) is 48.1 Å². The lowest BCUT2D eigenvalue weighted by atomic mass is 9.81. The van der Waals surface area contributed by atoms with E-state index in [0.717, 1.165) is 65.2 Å². The maximum absolute atomic E-state index is 13.8. The first-order valence-corrected chi connectivity index (χ1v) is 11.9. The number of benzene rings is 2. The van der Waals surface area contributed by atoms with Crippen LogP contribution in [0.25, 0.3) is 22.3 Å². The summed E-state index contributed by atoms with van der Waals surface area (Å²) < 4.78 is 13.0. The number of methoxy groups -OCH3 is 2. The minimum absolute atomic E-state index is 0.0353. The quantitative estimate of drug-likeness (QED) is 0.442. The maximum atomic E-state index is 13.8. The standard InChI is InChI=1S/C27H27N5O3/c1-31-26(17-11-19(34-2)15-20(12-17)35-3)21-14-18-5-4-6-24(25(21)30-31)32(18)27(33)16-7-8-22-23(13-16)29-10-9-28-22/h7-13,15,18,24H,4-6,14H2,1-3H3. The second-order valence-corrected chi connectivity index (χ2v) is 9.21. The molecule has 35 heavy (non-hydrogen) atoms. The fraction of sp³-hybridized carbons (Fsp3) is 0.333. The molecule has 6 rings (SSSR count). The van der Waals surface area contributed by atoms with Crippen LogP contribution in [0.2, 0.25) is 0 Å². The van der Waals surface area contributed by atoms with E-state index in [-0.39, 0.29) is 18.0 Å². The Kier molecular flexibility index (Phi) is 5.16. The highest BCUT2D eigenvalue weighted by Crippen LogP contribution is 2.45. The lowest BCUT2D eigenvalue weighted by Crippen LogP contribution is -2.49. The minimum Gasteiger partial charge on any atom is -0.497 e. The molecular weight excluding hydrogens is 442 g/mol. The van der Waals surface area contributed by atoms with Crippen LogP contribution in [0.3, 0.4) is 0 Å². The Balaban J connectivity index is 1.42. The van der Waals surface area contributed by atoms with Gasteiger partial charge in [0.05, 0.1) is 42.7 Å². The molecule has 1 amide bonds. The number of carbonyl (C=O) groups excluding carboxylic acids is 1. The van der Waals surface area contributed by atoms with Gasteiger partial charge in [-0.25, -0.2) is 0 Å². The van der Waals surface area contributed by atoms with Crippen molar-refractivity contribution in [2.75, 3.05) is 14.2 Å². The Morgan fingerprint density at radius 1 is 0.971 bits per heavy atom. The average molecular weight is 470 g/mol. The van der Waals surface area contributed by atoms with Gasteiger partial charge in [-0.15, -0.1) is 0 Å². The van der Waals surface area contributed by atoms with Gasteiger partial charge in [-0.1, -0.05) is 0 Å². The van der Waals surface area contributed by atoms with Gasteiger partial charge in [-0.05, 0) is 56.0 Å². The third-order valence-corrected chi connectivity index (χ3v) is 7.25. The molecule has 2 aliphatic heterocycles. The van der Waals surface area contributed by atoms with Crippen molar-refractivity contribution in [2.24, 2.45) is 7.05 Å². The lowest BCUT2D eigenvalue weighted by Gasteiger charge is -2.45. The summed E-state index contributed by atoms with van der Waals surface area (Å²) in [6.45, 7) is 0. The van der Waals surface area contributed by atoms with Gasteiger partial charge in [-0.2, -0.15) is 5.10 Å². The van der Waals surface area contributed by atoms with Crippen LogP contribution >= 0.6 is 0 Å².